The predicted octanol–water partition coefficient (Wildman–Crippen LogP) is 3.10. The van der Waals surface area contributed by atoms with Gasteiger partial charge in [0, 0.05) is 30.6 Å². The molecule has 132 valence electrons. The van der Waals surface area contributed by atoms with E-state index in [1.165, 1.54) is 5.56 Å². The maximum Gasteiger partial charge on any atom is 0.232 e. The Morgan fingerprint density at radius 3 is 2.68 bits per heavy atom. The topological polar surface area (TPSA) is 75.4 Å². The molecule has 0 spiro atoms. The first kappa shape index (κ1) is 17.2. The van der Waals surface area contributed by atoms with Crippen LogP contribution in [0.15, 0.2) is 34.9 Å². The molecule has 0 aliphatic carbocycles. The zero-order valence-electron chi connectivity index (χ0n) is 14.8. The smallest absolute Gasteiger partial charge is 0.232 e. The van der Waals surface area contributed by atoms with E-state index in [1.807, 2.05) is 38.1 Å². The quantitative estimate of drug-likeness (QED) is 0.907. The molecule has 1 N–H and O–H groups in total. The number of amides is 2. The molecule has 1 unspecified atom stereocenters. The zero-order valence-corrected chi connectivity index (χ0v) is 14.8. The molecule has 0 radical (unpaired) electrons. The maximum absolute atomic E-state index is 12.4. The first-order valence-electron chi connectivity index (χ1n) is 8.64. The normalized spacial score (nSPS) is 17.4. The van der Waals surface area contributed by atoms with Crippen LogP contribution in [0.25, 0.3) is 11.3 Å². The highest BCUT2D eigenvalue weighted by Crippen LogP contribution is 2.25. The largest absolute Gasteiger partial charge is 0.339 e. The van der Waals surface area contributed by atoms with Gasteiger partial charge in [-0.15, -0.1) is 0 Å². The Bertz CT molecular complexity index is 764. The van der Waals surface area contributed by atoms with Crippen molar-refractivity contribution in [1.82, 2.24) is 10.1 Å². The number of nitrogens with zero attached hydrogens (tertiary/aromatic N) is 2. The highest BCUT2D eigenvalue weighted by Gasteiger charge is 2.35. The first-order valence-corrected chi connectivity index (χ1v) is 8.64. The lowest BCUT2D eigenvalue weighted by atomic mass is 10.1. The summed E-state index contributed by atoms with van der Waals surface area (Å²) >= 11 is 0. The number of aromatic nitrogens is 1. The highest BCUT2D eigenvalue weighted by atomic mass is 16.5. The van der Waals surface area contributed by atoms with Crippen LogP contribution in [0.1, 0.15) is 32.8 Å². The number of aryl methyl sites for hydroxylation is 1. The van der Waals surface area contributed by atoms with E-state index < -0.39 is 0 Å². The molecule has 2 amide bonds. The molecule has 1 atom stereocenters. The van der Waals surface area contributed by atoms with Gasteiger partial charge in [0.15, 0.2) is 0 Å². The third kappa shape index (κ3) is 3.73. The number of carbonyl (C=O) groups is 2. The van der Waals surface area contributed by atoms with Crippen LogP contribution in [0.5, 0.6) is 0 Å². The van der Waals surface area contributed by atoms with Crippen molar-refractivity contribution in [2.75, 3.05) is 11.9 Å². The van der Waals surface area contributed by atoms with E-state index in [0.29, 0.717) is 18.1 Å². The molecule has 2 aromatic rings. The Labute approximate surface area is 147 Å². The van der Waals surface area contributed by atoms with Crippen molar-refractivity contribution in [2.24, 2.45) is 5.92 Å². The molecule has 1 aliphatic heterocycles. The minimum Gasteiger partial charge on any atom is -0.339 e. The monoisotopic (exact) mass is 341 g/mol. The molecular formula is C19H23N3O3. The summed E-state index contributed by atoms with van der Waals surface area (Å²) < 4.78 is 5.23. The average molecular weight is 341 g/mol. The molecule has 0 bridgehead atoms. The molecule has 1 aliphatic rings. The van der Waals surface area contributed by atoms with Gasteiger partial charge in [-0.05, 0) is 25.8 Å². The Hall–Kier alpha value is -2.63. The van der Waals surface area contributed by atoms with Crippen molar-refractivity contribution in [3.63, 3.8) is 0 Å². The molecule has 2 heterocycles. The summed E-state index contributed by atoms with van der Waals surface area (Å²) in [6, 6.07) is 9.88. The molecule has 1 aromatic carbocycles. The number of nitrogens with one attached hydrogen (secondary N) is 1. The highest BCUT2D eigenvalue weighted by molar-refractivity contribution is 5.96. The summed E-state index contributed by atoms with van der Waals surface area (Å²) in [5, 5.41) is 6.74. The van der Waals surface area contributed by atoms with Crippen LogP contribution >= 0.6 is 0 Å². The van der Waals surface area contributed by atoms with Gasteiger partial charge in [0.25, 0.3) is 0 Å². The van der Waals surface area contributed by atoms with Crippen molar-refractivity contribution in [3.05, 3.63) is 35.9 Å². The summed E-state index contributed by atoms with van der Waals surface area (Å²) in [5.41, 5.74) is 2.86. The minimum absolute atomic E-state index is 0.0180. The van der Waals surface area contributed by atoms with E-state index in [1.54, 1.807) is 11.0 Å². The van der Waals surface area contributed by atoms with Crippen LogP contribution in [0.4, 0.5) is 5.88 Å². The van der Waals surface area contributed by atoms with Crippen molar-refractivity contribution in [2.45, 2.75) is 39.7 Å². The van der Waals surface area contributed by atoms with Gasteiger partial charge in [-0.3, -0.25) is 14.9 Å². The fourth-order valence-electron chi connectivity index (χ4n) is 3.01. The number of carbonyl (C=O) groups excluding carboxylic acids is 2. The first-order chi connectivity index (χ1) is 12.0. The van der Waals surface area contributed by atoms with Crippen LogP contribution < -0.4 is 5.32 Å². The van der Waals surface area contributed by atoms with E-state index in [2.05, 4.69) is 17.4 Å². The Kier molecular flexibility index (Phi) is 4.88. The fourth-order valence-corrected chi connectivity index (χ4v) is 3.01. The molecule has 6 nitrogen and oxygen atoms in total. The summed E-state index contributed by atoms with van der Waals surface area (Å²) in [7, 11) is 0. The standard InChI is InChI=1S/C19H23N3O3/c1-4-13-5-7-14(8-6-13)16-10-17(25-21-16)20-19(24)15-9-18(23)22(11-15)12(2)3/h5-8,10,12,15H,4,9,11H2,1-3H3,(H,20,24). The number of rotatable bonds is 5. The Balaban J connectivity index is 1.65. The minimum atomic E-state index is -0.354. The maximum atomic E-state index is 12.4. The molecule has 0 saturated carbocycles. The molecule has 1 saturated heterocycles. The number of hydrogen-bond donors (Lipinski definition) is 1. The molecule has 25 heavy (non-hydrogen) atoms. The molecule has 1 aromatic heterocycles. The number of hydrogen-bond acceptors (Lipinski definition) is 4. The number of benzene rings is 1. The van der Waals surface area contributed by atoms with Gasteiger partial charge in [-0.2, -0.15) is 0 Å². The number of likely N-dealkylation sites (tertiary alicyclic amines) is 1. The van der Waals surface area contributed by atoms with Crippen molar-refractivity contribution in [1.29, 1.82) is 0 Å². The van der Waals surface area contributed by atoms with Crippen molar-refractivity contribution >= 4 is 17.7 Å². The Morgan fingerprint density at radius 2 is 2.08 bits per heavy atom. The molecule has 1 fully saturated rings. The summed E-state index contributed by atoms with van der Waals surface area (Å²) in [6.45, 7) is 6.45. The van der Waals surface area contributed by atoms with Gasteiger partial charge >= 0.3 is 0 Å². The zero-order chi connectivity index (χ0) is 18.0. The van der Waals surface area contributed by atoms with Gasteiger partial charge in [0.1, 0.15) is 5.69 Å². The lowest BCUT2D eigenvalue weighted by Crippen LogP contribution is -2.33. The average Bonchev–Trinajstić information content (AvgIpc) is 3.21. The molecular weight excluding hydrogens is 318 g/mol. The molecule has 6 heteroatoms. The lowest BCUT2D eigenvalue weighted by Gasteiger charge is -2.20. The summed E-state index contributed by atoms with van der Waals surface area (Å²) in [4.78, 5) is 26.0. The van der Waals surface area contributed by atoms with Crippen LogP contribution in [0, 0.1) is 5.92 Å². The van der Waals surface area contributed by atoms with E-state index in [-0.39, 0.29) is 30.2 Å². The van der Waals surface area contributed by atoms with E-state index in [9.17, 15) is 9.59 Å². The lowest BCUT2D eigenvalue weighted by molar-refractivity contribution is -0.129. The second-order valence-electron chi connectivity index (χ2n) is 6.66. The molecule has 3 rings (SSSR count). The summed E-state index contributed by atoms with van der Waals surface area (Å²) in [5.74, 6) is -0.243. The third-order valence-corrected chi connectivity index (χ3v) is 4.57. The van der Waals surface area contributed by atoms with Crippen molar-refractivity contribution in [3.8, 4) is 11.3 Å². The second-order valence-corrected chi connectivity index (χ2v) is 6.66. The van der Waals surface area contributed by atoms with Crippen LogP contribution in [0.3, 0.4) is 0 Å². The van der Waals surface area contributed by atoms with Gasteiger partial charge < -0.3 is 9.42 Å². The van der Waals surface area contributed by atoms with E-state index in [4.69, 9.17) is 4.52 Å². The SMILES string of the molecule is CCc1ccc(-c2cc(NC(=O)C3CC(=O)N(C(C)C)C3)on2)cc1. The number of anilines is 1. The van der Waals surface area contributed by atoms with Crippen LogP contribution in [-0.4, -0.2) is 34.5 Å². The van der Waals surface area contributed by atoms with Gasteiger partial charge in [0.05, 0.1) is 5.92 Å². The summed E-state index contributed by atoms with van der Waals surface area (Å²) in [6.07, 6.45) is 1.22. The van der Waals surface area contributed by atoms with E-state index in [0.717, 1.165) is 12.0 Å². The Morgan fingerprint density at radius 1 is 1.36 bits per heavy atom. The van der Waals surface area contributed by atoms with Crippen LogP contribution in [0.2, 0.25) is 0 Å². The van der Waals surface area contributed by atoms with Crippen molar-refractivity contribution < 1.29 is 14.1 Å². The van der Waals surface area contributed by atoms with Gasteiger partial charge in [-0.1, -0.05) is 36.3 Å². The van der Waals surface area contributed by atoms with Gasteiger partial charge in [-0.25, -0.2) is 0 Å². The third-order valence-electron chi connectivity index (χ3n) is 4.57. The second kappa shape index (κ2) is 7.09. The van der Waals surface area contributed by atoms with E-state index >= 15 is 0 Å². The van der Waals surface area contributed by atoms with Gasteiger partial charge in [0.2, 0.25) is 17.7 Å². The fraction of sp³-hybridized carbons (Fsp3) is 0.421. The van der Waals surface area contributed by atoms with Crippen LogP contribution in [-0.2, 0) is 16.0 Å². The predicted molar refractivity (Wildman–Crippen MR) is 94.9 cm³/mol.